The number of primary amides is 1. The predicted molar refractivity (Wildman–Crippen MR) is 94.5 cm³/mol. The maximum Gasteiger partial charge on any atom is 0.274 e. The van der Waals surface area contributed by atoms with E-state index in [1.807, 2.05) is 42.3 Å². The van der Waals surface area contributed by atoms with Crippen LogP contribution >= 0.6 is 0 Å². The number of nitrogens with two attached hydrogens (primary N) is 1. The summed E-state index contributed by atoms with van der Waals surface area (Å²) in [5, 5.41) is 11.2. The summed E-state index contributed by atoms with van der Waals surface area (Å²) in [4.78, 5) is 23.9. The van der Waals surface area contributed by atoms with Crippen LogP contribution in [0, 0.1) is 10.1 Å². The maximum atomic E-state index is 11.2. The Morgan fingerprint density at radius 1 is 1.24 bits per heavy atom. The van der Waals surface area contributed by atoms with Crippen molar-refractivity contribution in [1.29, 1.82) is 0 Å². The number of nitro groups is 1. The van der Waals surface area contributed by atoms with Gasteiger partial charge in [-0.1, -0.05) is 24.3 Å². The minimum absolute atomic E-state index is 0.0938. The fraction of sp³-hybridized carbons (Fsp3) is 0.278. The Morgan fingerprint density at radius 2 is 1.96 bits per heavy atom. The molecule has 0 heterocycles. The number of hydrogen-bond donors (Lipinski definition) is 1. The summed E-state index contributed by atoms with van der Waals surface area (Å²) in [6.07, 6.45) is 0.790. The van der Waals surface area contributed by atoms with E-state index in [-0.39, 0.29) is 11.3 Å². The molecule has 2 aromatic carbocycles. The molecule has 2 N–H and O–H groups in total. The van der Waals surface area contributed by atoms with E-state index in [0.717, 1.165) is 18.7 Å². The van der Waals surface area contributed by atoms with Crippen LogP contribution in [-0.2, 0) is 6.54 Å². The number of ether oxygens (including phenoxy) is 1. The van der Waals surface area contributed by atoms with Crippen LogP contribution in [0.25, 0.3) is 0 Å². The van der Waals surface area contributed by atoms with Gasteiger partial charge in [-0.2, -0.15) is 0 Å². The zero-order valence-corrected chi connectivity index (χ0v) is 14.1. The lowest BCUT2D eigenvalue weighted by Crippen LogP contribution is -2.21. The Hall–Kier alpha value is -2.93. The van der Waals surface area contributed by atoms with E-state index >= 15 is 0 Å². The number of nitrogens with zero attached hydrogens (tertiary/aromatic N) is 2. The summed E-state index contributed by atoms with van der Waals surface area (Å²) in [5.41, 5.74) is 5.76. The Balaban J connectivity index is 1.88. The smallest absolute Gasteiger partial charge is 0.274 e. The summed E-state index contributed by atoms with van der Waals surface area (Å²) < 4.78 is 5.62. The van der Waals surface area contributed by atoms with Crippen molar-refractivity contribution in [2.75, 3.05) is 20.2 Å². The average Bonchev–Trinajstić information content (AvgIpc) is 2.59. The van der Waals surface area contributed by atoms with Crippen molar-refractivity contribution < 1.29 is 14.5 Å². The highest BCUT2D eigenvalue weighted by molar-refractivity contribution is 5.93. The van der Waals surface area contributed by atoms with Crippen molar-refractivity contribution >= 4 is 11.6 Å². The van der Waals surface area contributed by atoms with Gasteiger partial charge in [0.25, 0.3) is 5.69 Å². The number of benzene rings is 2. The number of para-hydroxylation sites is 1. The Morgan fingerprint density at radius 3 is 2.60 bits per heavy atom. The van der Waals surface area contributed by atoms with Gasteiger partial charge in [-0.3, -0.25) is 14.9 Å². The first-order valence-electron chi connectivity index (χ1n) is 7.91. The molecule has 2 rings (SSSR count). The highest BCUT2D eigenvalue weighted by Gasteiger charge is 2.17. The molecule has 0 radical (unpaired) electrons. The lowest BCUT2D eigenvalue weighted by molar-refractivity contribution is -0.385. The van der Waals surface area contributed by atoms with E-state index < -0.39 is 10.8 Å². The van der Waals surface area contributed by atoms with Crippen LogP contribution in [0.4, 0.5) is 5.69 Å². The molecule has 0 atom stereocenters. The Bertz CT molecular complexity index is 734. The topological polar surface area (TPSA) is 98.7 Å². The number of carbonyl (C=O) groups excluding carboxylic acids is 1. The van der Waals surface area contributed by atoms with Gasteiger partial charge in [0.2, 0.25) is 5.91 Å². The zero-order chi connectivity index (χ0) is 18.2. The van der Waals surface area contributed by atoms with Crippen LogP contribution in [-0.4, -0.2) is 35.9 Å². The monoisotopic (exact) mass is 343 g/mol. The van der Waals surface area contributed by atoms with Gasteiger partial charge in [0.15, 0.2) is 0 Å². The zero-order valence-electron chi connectivity index (χ0n) is 14.1. The molecule has 0 unspecified atom stereocenters. The van der Waals surface area contributed by atoms with E-state index in [4.69, 9.17) is 10.5 Å². The van der Waals surface area contributed by atoms with Crippen LogP contribution in [0.15, 0.2) is 48.5 Å². The SMILES string of the molecule is CN(CCCOc1ccccc1)Cc1ccc(C(N)=O)cc1[N+](=O)[O-]. The molecule has 0 saturated heterocycles. The van der Waals surface area contributed by atoms with E-state index in [1.165, 1.54) is 12.1 Å². The standard InChI is InChI=1S/C18H21N3O4/c1-20(10-5-11-25-16-6-3-2-4-7-16)13-15-9-8-14(18(19)22)12-17(15)21(23)24/h2-4,6-9,12H,5,10-11,13H2,1H3,(H2,19,22). The number of rotatable bonds is 9. The molecule has 0 saturated carbocycles. The molecule has 2 aromatic rings. The third kappa shape index (κ3) is 5.58. The summed E-state index contributed by atoms with van der Waals surface area (Å²) in [6.45, 7) is 1.69. The first-order chi connectivity index (χ1) is 12.0. The van der Waals surface area contributed by atoms with Gasteiger partial charge in [0.1, 0.15) is 5.75 Å². The molecule has 0 aliphatic heterocycles. The highest BCUT2D eigenvalue weighted by Crippen LogP contribution is 2.21. The number of hydrogen-bond acceptors (Lipinski definition) is 5. The molecule has 0 aliphatic carbocycles. The normalized spacial score (nSPS) is 10.6. The molecule has 1 amide bonds. The molecular formula is C18H21N3O4. The largest absolute Gasteiger partial charge is 0.494 e. The van der Waals surface area contributed by atoms with Crippen molar-refractivity contribution in [3.05, 3.63) is 69.8 Å². The van der Waals surface area contributed by atoms with Gasteiger partial charge in [-0.05, 0) is 31.7 Å². The summed E-state index contributed by atoms with van der Waals surface area (Å²) >= 11 is 0. The van der Waals surface area contributed by atoms with Crippen LogP contribution in [0.1, 0.15) is 22.3 Å². The molecule has 0 aromatic heterocycles. The predicted octanol–water partition coefficient (Wildman–Crippen LogP) is 2.59. The van der Waals surface area contributed by atoms with E-state index in [0.29, 0.717) is 18.7 Å². The summed E-state index contributed by atoms with van der Waals surface area (Å²) in [5.74, 6) is 0.142. The van der Waals surface area contributed by atoms with Crippen LogP contribution in [0.5, 0.6) is 5.75 Å². The summed E-state index contributed by atoms with van der Waals surface area (Å²) in [6, 6.07) is 13.9. The van der Waals surface area contributed by atoms with Gasteiger partial charge in [0.05, 0.1) is 11.5 Å². The van der Waals surface area contributed by atoms with E-state index in [2.05, 4.69) is 0 Å². The second-order valence-corrected chi connectivity index (χ2v) is 5.72. The molecule has 25 heavy (non-hydrogen) atoms. The number of amides is 1. The van der Waals surface area contributed by atoms with E-state index in [9.17, 15) is 14.9 Å². The molecule has 0 aliphatic rings. The van der Waals surface area contributed by atoms with Crippen molar-refractivity contribution in [3.63, 3.8) is 0 Å². The Labute approximate surface area is 146 Å². The molecule has 7 heteroatoms. The Kier molecular flexibility index (Phi) is 6.47. The van der Waals surface area contributed by atoms with Gasteiger partial charge in [-0.15, -0.1) is 0 Å². The lowest BCUT2D eigenvalue weighted by atomic mass is 10.1. The summed E-state index contributed by atoms with van der Waals surface area (Å²) in [7, 11) is 1.88. The minimum Gasteiger partial charge on any atom is -0.494 e. The molecule has 132 valence electrons. The molecule has 0 bridgehead atoms. The number of nitro benzene ring substituents is 1. The van der Waals surface area contributed by atoms with Crippen molar-refractivity contribution in [3.8, 4) is 5.75 Å². The molecule has 7 nitrogen and oxygen atoms in total. The molecular weight excluding hydrogens is 322 g/mol. The van der Waals surface area contributed by atoms with Gasteiger partial charge in [-0.25, -0.2) is 0 Å². The number of carbonyl (C=O) groups is 1. The third-order valence-corrected chi connectivity index (χ3v) is 3.70. The lowest BCUT2D eigenvalue weighted by Gasteiger charge is -2.17. The van der Waals surface area contributed by atoms with Gasteiger partial charge >= 0.3 is 0 Å². The second kappa shape index (κ2) is 8.79. The van der Waals surface area contributed by atoms with Crippen LogP contribution in [0.3, 0.4) is 0 Å². The third-order valence-electron chi connectivity index (χ3n) is 3.70. The van der Waals surface area contributed by atoms with Crippen molar-refractivity contribution in [1.82, 2.24) is 4.90 Å². The van der Waals surface area contributed by atoms with Gasteiger partial charge < -0.3 is 15.4 Å². The average molecular weight is 343 g/mol. The van der Waals surface area contributed by atoms with Crippen molar-refractivity contribution in [2.24, 2.45) is 5.73 Å². The fourth-order valence-corrected chi connectivity index (χ4v) is 2.43. The maximum absolute atomic E-state index is 11.2. The first-order valence-corrected chi connectivity index (χ1v) is 7.91. The van der Waals surface area contributed by atoms with Gasteiger partial charge in [0, 0.05) is 30.3 Å². The van der Waals surface area contributed by atoms with Crippen LogP contribution in [0.2, 0.25) is 0 Å². The highest BCUT2D eigenvalue weighted by atomic mass is 16.6. The minimum atomic E-state index is -0.680. The second-order valence-electron chi connectivity index (χ2n) is 5.72. The van der Waals surface area contributed by atoms with Crippen molar-refractivity contribution in [2.45, 2.75) is 13.0 Å². The molecule has 0 fully saturated rings. The fourth-order valence-electron chi connectivity index (χ4n) is 2.43. The molecule has 0 spiro atoms. The first kappa shape index (κ1) is 18.4. The quantitative estimate of drug-likeness (QED) is 0.429. The van der Waals surface area contributed by atoms with Crippen LogP contribution < -0.4 is 10.5 Å². The van der Waals surface area contributed by atoms with E-state index in [1.54, 1.807) is 6.07 Å².